The van der Waals surface area contributed by atoms with Crippen molar-refractivity contribution in [3.05, 3.63) is 18.6 Å². The number of hydrogen-bond donors (Lipinski definition) is 1. The van der Waals surface area contributed by atoms with Gasteiger partial charge in [-0.1, -0.05) is 19.6 Å². The molecule has 0 bridgehead atoms. The van der Waals surface area contributed by atoms with E-state index in [-0.39, 0.29) is 0 Å². The molecule has 11 heavy (non-hydrogen) atoms. The van der Waals surface area contributed by atoms with Crippen LogP contribution in [0.5, 0.6) is 0 Å². The van der Waals surface area contributed by atoms with E-state index in [1.54, 1.807) is 18.6 Å². The first-order chi connectivity index (χ1) is 5.08. The molecule has 1 rings (SSSR count). The van der Waals surface area contributed by atoms with Crippen LogP contribution in [0, 0.1) is 0 Å². The van der Waals surface area contributed by atoms with Crippen LogP contribution in [-0.2, 0) is 0 Å². The fraction of sp³-hybridized carbons (Fsp3) is 0.429. The lowest BCUT2D eigenvalue weighted by atomic mass is 10.7. The molecule has 1 heterocycles. The van der Waals surface area contributed by atoms with Gasteiger partial charge in [0.2, 0.25) is 0 Å². The van der Waals surface area contributed by atoms with Crippen molar-refractivity contribution in [3.63, 3.8) is 0 Å². The van der Waals surface area contributed by atoms with Crippen LogP contribution in [0.3, 0.4) is 0 Å². The topological polar surface area (TPSA) is 37.8 Å². The highest BCUT2D eigenvalue weighted by atomic mass is 28.3. The summed E-state index contributed by atoms with van der Waals surface area (Å²) in [6.07, 6.45) is 5.12. The third-order valence-corrected chi connectivity index (χ3v) is 2.07. The molecule has 0 amide bonds. The van der Waals surface area contributed by atoms with Gasteiger partial charge in [0.25, 0.3) is 0 Å². The molecule has 0 radical (unpaired) electrons. The Bertz CT molecular complexity index is 217. The van der Waals surface area contributed by atoms with Gasteiger partial charge in [0.15, 0.2) is 0 Å². The van der Waals surface area contributed by atoms with Gasteiger partial charge >= 0.3 is 0 Å². The molecule has 1 aromatic heterocycles. The minimum atomic E-state index is -1.25. The minimum Gasteiger partial charge on any atom is -0.395 e. The summed E-state index contributed by atoms with van der Waals surface area (Å²) in [5.74, 6) is 0.881. The minimum absolute atomic E-state index is 0.881. The maximum atomic E-state index is 4.13. The predicted molar refractivity (Wildman–Crippen MR) is 49.0 cm³/mol. The average molecular weight is 167 g/mol. The highest BCUT2D eigenvalue weighted by molar-refractivity contribution is 6.79. The molecule has 1 N–H and O–H groups in total. The summed E-state index contributed by atoms with van der Waals surface area (Å²) >= 11 is 0. The number of hydrogen-bond acceptors (Lipinski definition) is 3. The maximum absolute atomic E-state index is 4.13. The van der Waals surface area contributed by atoms with E-state index in [1.165, 1.54) is 0 Å². The van der Waals surface area contributed by atoms with E-state index in [9.17, 15) is 0 Å². The van der Waals surface area contributed by atoms with Crippen molar-refractivity contribution in [2.24, 2.45) is 0 Å². The third kappa shape index (κ3) is 3.13. The van der Waals surface area contributed by atoms with Gasteiger partial charge in [-0.2, -0.15) is 0 Å². The molecular formula is C7H13N3Si. The van der Waals surface area contributed by atoms with E-state index >= 15 is 0 Å². The lowest BCUT2D eigenvalue weighted by Gasteiger charge is -2.17. The van der Waals surface area contributed by atoms with Gasteiger partial charge in [0.05, 0.1) is 6.20 Å². The highest BCUT2D eigenvalue weighted by Gasteiger charge is 2.12. The van der Waals surface area contributed by atoms with Gasteiger partial charge in [-0.25, -0.2) is 4.98 Å². The quantitative estimate of drug-likeness (QED) is 0.682. The summed E-state index contributed by atoms with van der Waals surface area (Å²) < 4.78 is 0. The van der Waals surface area contributed by atoms with Crippen molar-refractivity contribution >= 4 is 14.1 Å². The van der Waals surface area contributed by atoms with Gasteiger partial charge in [-0.15, -0.1) is 0 Å². The van der Waals surface area contributed by atoms with Gasteiger partial charge in [-0.05, 0) is 0 Å². The summed E-state index contributed by atoms with van der Waals surface area (Å²) in [5, 5.41) is 0. The Labute approximate surface area is 68.0 Å². The van der Waals surface area contributed by atoms with Gasteiger partial charge in [0, 0.05) is 12.4 Å². The van der Waals surface area contributed by atoms with Crippen molar-refractivity contribution in [1.82, 2.24) is 9.97 Å². The van der Waals surface area contributed by atoms with Gasteiger partial charge in [-0.3, -0.25) is 4.98 Å². The Morgan fingerprint density at radius 3 is 2.45 bits per heavy atom. The second-order valence-electron chi connectivity index (χ2n) is 3.47. The Morgan fingerprint density at radius 1 is 1.27 bits per heavy atom. The second kappa shape index (κ2) is 3.00. The molecule has 0 aliphatic heterocycles. The number of nitrogens with one attached hydrogen (secondary N) is 1. The summed E-state index contributed by atoms with van der Waals surface area (Å²) in [6, 6.07) is 0. The van der Waals surface area contributed by atoms with Gasteiger partial charge < -0.3 is 4.98 Å². The Balaban J connectivity index is 2.66. The van der Waals surface area contributed by atoms with Crippen LogP contribution in [0.15, 0.2) is 18.6 Å². The van der Waals surface area contributed by atoms with Crippen molar-refractivity contribution in [1.29, 1.82) is 0 Å². The van der Waals surface area contributed by atoms with Crippen LogP contribution in [-0.4, -0.2) is 18.2 Å². The van der Waals surface area contributed by atoms with E-state index in [4.69, 9.17) is 0 Å². The van der Waals surface area contributed by atoms with Crippen LogP contribution in [0.25, 0.3) is 0 Å². The molecule has 0 aromatic carbocycles. The summed E-state index contributed by atoms with van der Waals surface area (Å²) in [7, 11) is -1.25. The zero-order valence-electron chi connectivity index (χ0n) is 7.13. The average Bonchev–Trinajstić information content (AvgIpc) is 1.85. The van der Waals surface area contributed by atoms with Crippen LogP contribution >= 0.6 is 0 Å². The van der Waals surface area contributed by atoms with Crippen LogP contribution in [0.2, 0.25) is 19.6 Å². The van der Waals surface area contributed by atoms with Crippen LogP contribution < -0.4 is 4.98 Å². The smallest absolute Gasteiger partial charge is 0.146 e. The molecule has 0 spiro atoms. The first-order valence-corrected chi connectivity index (χ1v) is 7.12. The highest BCUT2D eigenvalue weighted by Crippen LogP contribution is 2.05. The normalized spacial score (nSPS) is 11.2. The zero-order valence-corrected chi connectivity index (χ0v) is 8.13. The van der Waals surface area contributed by atoms with Crippen molar-refractivity contribution in [3.8, 4) is 0 Å². The Hall–Kier alpha value is -0.903. The Morgan fingerprint density at radius 2 is 2.00 bits per heavy atom. The number of nitrogens with zero attached hydrogens (tertiary/aromatic N) is 2. The van der Waals surface area contributed by atoms with E-state index < -0.39 is 8.24 Å². The lowest BCUT2D eigenvalue weighted by molar-refractivity contribution is 1.20. The molecule has 0 atom stereocenters. The van der Waals surface area contributed by atoms with E-state index in [0.29, 0.717) is 0 Å². The van der Waals surface area contributed by atoms with Crippen molar-refractivity contribution < 1.29 is 0 Å². The standard InChI is InChI=1S/C7H13N3Si/c1-11(2,3)10-7-6-8-4-5-9-7/h4-6H,1-3H3,(H,9,10). The molecule has 0 saturated heterocycles. The number of anilines is 1. The van der Waals surface area contributed by atoms with E-state index in [2.05, 4.69) is 34.6 Å². The van der Waals surface area contributed by atoms with Crippen LogP contribution in [0.4, 0.5) is 5.82 Å². The summed E-state index contributed by atoms with van der Waals surface area (Å²) in [4.78, 5) is 11.4. The Kier molecular flexibility index (Phi) is 2.24. The third-order valence-electron chi connectivity index (χ3n) is 1.07. The molecule has 0 aliphatic carbocycles. The zero-order chi connectivity index (χ0) is 8.32. The molecule has 3 nitrogen and oxygen atoms in total. The maximum Gasteiger partial charge on any atom is 0.146 e. The first-order valence-electron chi connectivity index (χ1n) is 3.62. The number of rotatable bonds is 2. The molecule has 0 unspecified atom stereocenters. The summed E-state index contributed by atoms with van der Waals surface area (Å²) in [5.41, 5.74) is 0. The molecule has 0 saturated carbocycles. The number of aromatic nitrogens is 2. The van der Waals surface area contributed by atoms with E-state index in [1.807, 2.05) is 0 Å². The molecular weight excluding hydrogens is 154 g/mol. The van der Waals surface area contributed by atoms with Crippen LogP contribution in [0.1, 0.15) is 0 Å². The predicted octanol–water partition coefficient (Wildman–Crippen LogP) is 1.72. The fourth-order valence-electron chi connectivity index (χ4n) is 0.748. The molecule has 0 fully saturated rings. The molecule has 1 aromatic rings. The first kappa shape index (κ1) is 8.20. The molecule has 60 valence electrons. The lowest BCUT2D eigenvalue weighted by Crippen LogP contribution is -2.32. The molecule has 0 aliphatic rings. The van der Waals surface area contributed by atoms with E-state index in [0.717, 1.165) is 5.82 Å². The monoisotopic (exact) mass is 167 g/mol. The summed E-state index contributed by atoms with van der Waals surface area (Å²) in [6.45, 7) is 6.67. The second-order valence-corrected chi connectivity index (χ2v) is 8.22. The van der Waals surface area contributed by atoms with Crippen molar-refractivity contribution in [2.45, 2.75) is 19.6 Å². The SMILES string of the molecule is C[Si](C)(C)Nc1cnccn1. The van der Waals surface area contributed by atoms with Gasteiger partial charge in [0.1, 0.15) is 14.1 Å². The fourth-order valence-corrected chi connectivity index (χ4v) is 1.65. The van der Waals surface area contributed by atoms with Crippen molar-refractivity contribution in [2.75, 3.05) is 4.98 Å². The largest absolute Gasteiger partial charge is 0.395 e. The molecule has 4 heteroatoms.